The monoisotopic (exact) mass is 237 g/mol. The summed E-state index contributed by atoms with van der Waals surface area (Å²) in [6.45, 7) is 2.95. The molecule has 1 fully saturated rings. The predicted molar refractivity (Wildman–Crippen MR) is 66.3 cm³/mol. The molecule has 17 heavy (non-hydrogen) atoms. The number of hydrogen-bond donors (Lipinski definition) is 2. The lowest BCUT2D eigenvalue weighted by atomic mass is 10.0. The first-order valence-corrected chi connectivity index (χ1v) is 6.22. The number of aliphatic hydroxyl groups is 1. The third kappa shape index (κ3) is 2.66. The van der Waals surface area contributed by atoms with Crippen LogP contribution in [0.5, 0.6) is 0 Å². The maximum Gasteiger partial charge on any atom is 0.252 e. The summed E-state index contributed by atoms with van der Waals surface area (Å²) in [7, 11) is 0. The number of H-pyrrole nitrogens is 1. The predicted octanol–water partition coefficient (Wildman–Crippen LogP) is 0.684. The van der Waals surface area contributed by atoms with E-state index < -0.39 is 0 Å². The normalized spacial score (nSPS) is 20.6. The summed E-state index contributed by atoms with van der Waals surface area (Å²) < 4.78 is 0. The van der Waals surface area contributed by atoms with E-state index in [9.17, 15) is 9.90 Å². The number of anilines is 1. The Morgan fingerprint density at radius 2 is 2.41 bits per heavy atom. The Morgan fingerprint density at radius 3 is 3.12 bits per heavy atom. The summed E-state index contributed by atoms with van der Waals surface area (Å²) in [5.74, 6) is 1.40. The van der Waals surface area contributed by atoms with E-state index in [2.05, 4.69) is 14.9 Å². The van der Waals surface area contributed by atoms with Gasteiger partial charge in [-0.25, -0.2) is 4.98 Å². The minimum absolute atomic E-state index is 0.0998. The molecular formula is C12H19N3O2. The zero-order valence-electron chi connectivity index (χ0n) is 10.1. The summed E-state index contributed by atoms with van der Waals surface area (Å²) >= 11 is 0. The molecule has 0 aliphatic carbocycles. The quantitative estimate of drug-likeness (QED) is 0.811. The molecule has 1 aliphatic rings. The van der Waals surface area contributed by atoms with E-state index in [0.717, 1.165) is 25.8 Å². The van der Waals surface area contributed by atoms with Crippen LogP contribution in [0.1, 0.15) is 32.0 Å². The van der Waals surface area contributed by atoms with E-state index in [1.807, 2.05) is 6.92 Å². The molecule has 0 bridgehead atoms. The van der Waals surface area contributed by atoms with Gasteiger partial charge in [0, 0.05) is 19.0 Å². The highest BCUT2D eigenvalue weighted by atomic mass is 16.3. The van der Waals surface area contributed by atoms with Crippen LogP contribution in [-0.2, 0) is 6.42 Å². The zero-order valence-corrected chi connectivity index (χ0v) is 10.1. The molecule has 2 heterocycles. The average Bonchev–Trinajstić information content (AvgIpc) is 2.37. The van der Waals surface area contributed by atoms with Crippen molar-refractivity contribution in [2.75, 3.05) is 18.1 Å². The van der Waals surface area contributed by atoms with Gasteiger partial charge in [-0.3, -0.25) is 4.79 Å². The van der Waals surface area contributed by atoms with E-state index in [1.165, 1.54) is 6.07 Å². The Morgan fingerprint density at radius 1 is 1.59 bits per heavy atom. The van der Waals surface area contributed by atoms with Crippen LogP contribution < -0.4 is 10.5 Å². The minimum atomic E-state index is -0.117. The Hall–Kier alpha value is -1.36. The molecule has 0 saturated carbocycles. The number of aryl methyl sites for hydroxylation is 1. The van der Waals surface area contributed by atoms with Crippen molar-refractivity contribution in [3.05, 3.63) is 22.2 Å². The fraction of sp³-hybridized carbons (Fsp3) is 0.667. The Kier molecular flexibility index (Phi) is 3.78. The van der Waals surface area contributed by atoms with Crippen molar-refractivity contribution in [2.24, 2.45) is 0 Å². The van der Waals surface area contributed by atoms with Crippen molar-refractivity contribution in [2.45, 2.75) is 38.6 Å². The molecule has 0 aromatic carbocycles. The fourth-order valence-corrected chi connectivity index (χ4v) is 2.30. The second-order valence-corrected chi connectivity index (χ2v) is 4.43. The SMILES string of the molecule is CCc1nc(N2CCCCC2CO)cc(=O)[nH]1. The van der Waals surface area contributed by atoms with Crippen LogP contribution in [0.3, 0.4) is 0 Å². The van der Waals surface area contributed by atoms with Crippen molar-refractivity contribution >= 4 is 5.82 Å². The van der Waals surface area contributed by atoms with Gasteiger partial charge in [0.2, 0.25) is 0 Å². The topological polar surface area (TPSA) is 69.2 Å². The van der Waals surface area contributed by atoms with Crippen LogP contribution in [0.15, 0.2) is 10.9 Å². The first-order chi connectivity index (χ1) is 8.24. The Labute approximate surface area is 100 Å². The Balaban J connectivity index is 2.31. The molecule has 1 saturated heterocycles. The molecule has 1 unspecified atom stereocenters. The van der Waals surface area contributed by atoms with Crippen LogP contribution in [-0.4, -0.2) is 34.3 Å². The van der Waals surface area contributed by atoms with Gasteiger partial charge in [0.05, 0.1) is 12.6 Å². The summed E-state index contributed by atoms with van der Waals surface area (Å²) in [6.07, 6.45) is 3.89. The average molecular weight is 237 g/mol. The number of nitrogens with zero attached hydrogens (tertiary/aromatic N) is 2. The first kappa shape index (κ1) is 12.1. The number of nitrogens with one attached hydrogen (secondary N) is 1. The van der Waals surface area contributed by atoms with Gasteiger partial charge in [0.1, 0.15) is 11.6 Å². The number of aliphatic hydroxyl groups excluding tert-OH is 1. The number of piperidine rings is 1. The molecule has 0 spiro atoms. The van der Waals surface area contributed by atoms with Gasteiger partial charge < -0.3 is 15.0 Å². The van der Waals surface area contributed by atoms with Gasteiger partial charge in [-0.05, 0) is 19.3 Å². The molecule has 1 aliphatic heterocycles. The summed E-state index contributed by atoms with van der Waals surface area (Å²) in [6, 6.07) is 1.62. The standard InChI is InChI=1S/C12H19N3O2/c1-2-10-13-11(7-12(17)14-10)15-6-4-3-5-9(15)8-16/h7,9,16H,2-6,8H2,1H3,(H,13,14,17). The van der Waals surface area contributed by atoms with E-state index in [-0.39, 0.29) is 18.2 Å². The smallest absolute Gasteiger partial charge is 0.252 e. The van der Waals surface area contributed by atoms with E-state index >= 15 is 0 Å². The highest BCUT2D eigenvalue weighted by Gasteiger charge is 2.23. The number of aromatic nitrogens is 2. The molecule has 0 radical (unpaired) electrons. The highest BCUT2D eigenvalue weighted by molar-refractivity contribution is 5.39. The second-order valence-electron chi connectivity index (χ2n) is 4.43. The van der Waals surface area contributed by atoms with Crippen LogP contribution in [0.4, 0.5) is 5.82 Å². The van der Waals surface area contributed by atoms with Crippen molar-refractivity contribution < 1.29 is 5.11 Å². The third-order valence-corrected chi connectivity index (χ3v) is 3.24. The minimum Gasteiger partial charge on any atom is -0.394 e. The largest absolute Gasteiger partial charge is 0.394 e. The van der Waals surface area contributed by atoms with Gasteiger partial charge >= 0.3 is 0 Å². The zero-order chi connectivity index (χ0) is 12.3. The molecule has 0 amide bonds. The van der Waals surface area contributed by atoms with Gasteiger partial charge in [-0.1, -0.05) is 6.92 Å². The highest BCUT2D eigenvalue weighted by Crippen LogP contribution is 2.21. The second kappa shape index (κ2) is 5.31. The maximum atomic E-state index is 11.5. The molecular weight excluding hydrogens is 218 g/mol. The Bertz CT molecular complexity index is 430. The molecule has 1 atom stereocenters. The lowest BCUT2D eigenvalue weighted by Gasteiger charge is -2.35. The van der Waals surface area contributed by atoms with Gasteiger partial charge in [0.25, 0.3) is 5.56 Å². The summed E-state index contributed by atoms with van der Waals surface area (Å²) in [5.41, 5.74) is -0.117. The fourth-order valence-electron chi connectivity index (χ4n) is 2.30. The van der Waals surface area contributed by atoms with E-state index in [0.29, 0.717) is 18.1 Å². The lowest BCUT2D eigenvalue weighted by molar-refractivity contribution is 0.239. The molecule has 2 N–H and O–H groups in total. The van der Waals surface area contributed by atoms with Crippen LogP contribution in [0, 0.1) is 0 Å². The number of hydrogen-bond acceptors (Lipinski definition) is 4. The van der Waals surface area contributed by atoms with Crippen molar-refractivity contribution in [3.63, 3.8) is 0 Å². The van der Waals surface area contributed by atoms with Crippen LogP contribution >= 0.6 is 0 Å². The molecule has 5 heteroatoms. The molecule has 94 valence electrons. The summed E-state index contributed by atoms with van der Waals surface area (Å²) in [4.78, 5) is 20.7. The molecule has 1 aromatic heterocycles. The van der Waals surface area contributed by atoms with Crippen molar-refractivity contribution in [1.29, 1.82) is 0 Å². The molecule has 2 rings (SSSR count). The third-order valence-electron chi connectivity index (χ3n) is 3.24. The van der Waals surface area contributed by atoms with Gasteiger partial charge in [-0.2, -0.15) is 0 Å². The maximum absolute atomic E-state index is 11.5. The van der Waals surface area contributed by atoms with Crippen molar-refractivity contribution in [3.8, 4) is 0 Å². The lowest BCUT2D eigenvalue weighted by Crippen LogP contribution is -2.43. The number of aromatic amines is 1. The number of rotatable bonds is 3. The van der Waals surface area contributed by atoms with E-state index in [1.54, 1.807) is 0 Å². The van der Waals surface area contributed by atoms with Crippen molar-refractivity contribution in [1.82, 2.24) is 9.97 Å². The first-order valence-electron chi connectivity index (χ1n) is 6.22. The van der Waals surface area contributed by atoms with Gasteiger partial charge in [0.15, 0.2) is 0 Å². The molecule has 5 nitrogen and oxygen atoms in total. The van der Waals surface area contributed by atoms with E-state index in [4.69, 9.17) is 0 Å². The van der Waals surface area contributed by atoms with Gasteiger partial charge in [-0.15, -0.1) is 0 Å². The van der Waals surface area contributed by atoms with Crippen LogP contribution in [0.25, 0.3) is 0 Å². The van der Waals surface area contributed by atoms with Crippen LogP contribution in [0.2, 0.25) is 0 Å². The summed E-state index contributed by atoms with van der Waals surface area (Å²) in [5, 5.41) is 9.36. The molecule has 1 aromatic rings.